The van der Waals surface area contributed by atoms with E-state index in [1.54, 1.807) is 13.2 Å². The Morgan fingerprint density at radius 3 is 2.33 bits per heavy atom. The van der Waals surface area contributed by atoms with Crippen LogP contribution in [0.3, 0.4) is 0 Å². The highest BCUT2D eigenvalue weighted by molar-refractivity contribution is 9.11. The number of halogens is 2. The van der Waals surface area contributed by atoms with Crippen LogP contribution >= 0.6 is 31.9 Å². The lowest BCUT2D eigenvalue weighted by Gasteiger charge is -2.33. The molecule has 2 rings (SSSR count). The second-order valence-electron chi connectivity index (χ2n) is 3.90. The molecule has 18 heavy (non-hydrogen) atoms. The van der Waals surface area contributed by atoms with Crippen LogP contribution in [-0.4, -0.2) is 32.2 Å². The van der Waals surface area contributed by atoms with E-state index in [0.29, 0.717) is 17.9 Å². The number of rotatable bonds is 4. The van der Waals surface area contributed by atoms with Gasteiger partial charge in [-0.05, 0) is 44.0 Å². The normalized spacial score (nSPS) is 22.6. The van der Waals surface area contributed by atoms with Gasteiger partial charge in [-0.1, -0.05) is 0 Å². The molecular weight excluding hydrogens is 368 g/mol. The molecule has 1 aromatic carbocycles. The van der Waals surface area contributed by atoms with Crippen LogP contribution in [-0.2, 0) is 9.53 Å². The van der Waals surface area contributed by atoms with Gasteiger partial charge in [0.15, 0.2) is 11.9 Å². The molecule has 98 valence electrons. The number of benzene rings is 1. The smallest absolute Gasteiger partial charge is 0.169 e. The van der Waals surface area contributed by atoms with Crippen LogP contribution in [0.25, 0.3) is 0 Å². The zero-order valence-corrected chi connectivity index (χ0v) is 13.1. The lowest BCUT2D eigenvalue weighted by molar-refractivity contribution is -0.151. The summed E-state index contributed by atoms with van der Waals surface area (Å²) >= 11 is 6.80. The number of ketones is 1. The first-order valence-electron chi connectivity index (χ1n) is 5.32. The molecule has 0 heterocycles. The minimum Gasteiger partial charge on any atom is -0.496 e. The number of carbonyl (C=O) groups is 1. The van der Waals surface area contributed by atoms with Gasteiger partial charge in [-0.15, -0.1) is 0 Å². The van der Waals surface area contributed by atoms with E-state index in [1.165, 1.54) is 7.11 Å². The molecule has 0 amide bonds. The molecule has 0 aromatic heterocycles. The maximum Gasteiger partial charge on any atom is 0.169 e. The summed E-state index contributed by atoms with van der Waals surface area (Å²) in [4.78, 5) is 11.3. The molecule has 1 aliphatic carbocycles. The number of Topliss-reactive ketones (excluding diaryl/α,β-unsaturated/α-hetero) is 1. The van der Waals surface area contributed by atoms with Crippen LogP contribution < -0.4 is 9.47 Å². The molecule has 0 saturated heterocycles. The Balaban J connectivity index is 2.15. The van der Waals surface area contributed by atoms with Crippen molar-refractivity contribution in [1.29, 1.82) is 0 Å². The lowest BCUT2D eigenvalue weighted by Crippen LogP contribution is -2.51. The largest absolute Gasteiger partial charge is 0.496 e. The highest BCUT2D eigenvalue weighted by Gasteiger charge is 2.42. The van der Waals surface area contributed by atoms with E-state index in [4.69, 9.17) is 14.2 Å². The van der Waals surface area contributed by atoms with Gasteiger partial charge in [0, 0.05) is 13.5 Å². The summed E-state index contributed by atoms with van der Waals surface area (Å²) in [5.74, 6) is 1.44. The molecule has 1 saturated carbocycles. The van der Waals surface area contributed by atoms with Crippen LogP contribution in [0.5, 0.6) is 11.5 Å². The Bertz CT molecular complexity index is 475. The summed E-state index contributed by atoms with van der Waals surface area (Å²) in [5.41, 5.74) is 0. The fourth-order valence-corrected chi connectivity index (χ4v) is 2.68. The minimum atomic E-state index is -0.460. The second kappa shape index (κ2) is 5.59. The third-order valence-electron chi connectivity index (χ3n) is 2.80. The van der Waals surface area contributed by atoms with Gasteiger partial charge in [-0.25, -0.2) is 0 Å². The van der Waals surface area contributed by atoms with Crippen molar-refractivity contribution in [3.63, 3.8) is 0 Å². The molecule has 0 radical (unpaired) electrons. The molecule has 0 bridgehead atoms. The van der Waals surface area contributed by atoms with Gasteiger partial charge >= 0.3 is 0 Å². The Labute approximate surface area is 122 Å². The monoisotopic (exact) mass is 378 g/mol. The molecule has 0 spiro atoms. The molecule has 1 fully saturated rings. The Morgan fingerprint density at radius 1 is 1.17 bits per heavy atom. The van der Waals surface area contributed by atoms with Crippen molar-refractivity contribution in [1.82, 2.24) is 0 Å². The standard InChI is InChI=1S/C12H12Br2O4/c1-16-9-3-7(14)10(4-6(9)13)18-11-5-8(15)12(11)17-2/h3-4,11-12H,5H2,1-2H3. The van der Waals surface area contributed by atoms with Gasteiger partial charge in [0.05, 0.1) is 16.1 Å². The second-order valence-corrected chi connectivity index (χ2v) is 5.61. The summed E-state index contributed by atoms with van der Waals surface area (Å²) in [6.45, 7) is 0. The highest BCUT2D eigenvalue weighted by Crippen LogP contribution is 2.38. The van der Waals surface area contributed by atoms with Crippen molar-refractivity contribution in [2.45, 2.75) is 18.6 Å². The maximum absolute atomic E-state index is 11.3. The molecular formula is C12H12Br2O4. The van der Waals surface area contributed by atoms with Gasteiger partial charge in [-0.3, -0.25) is 4.79 Å². The molecule has 2 unspecified atom stereocenters. The quantitative estimate of drug-likeness (QED) is 0.806. The Hall–Kier alpha value is -0.590. The van der Waals surface area contributed by atoms with E-state index in [1.807, 2.05) is 6.07 Å². The number of ether oxygens (including phenoxy) is 3. The molecule has 2 atom stereocenters. The Kier molecular flexibility index (Phi) is 4.29. The van der Waals surface area contributed by atoms with Crippen LogP contribution in [0.4, 0.5) is 0 Å². The van der Waals surface area contributed by atoms with E-state index in [-0.39, 0.29) is 11.9 Å². The van der Waals surface area contributed by atoms with Gasteiger partial charge < -0.3 is 14.2 Å². The van der Waals surface area contributed by atoms with Crippen molar-refractivity contribution < 1.29 is 19.0 Å². The predicted molar refractivity (Wildman–Crippen MR) is 73.2 cm³/mol. The molecule has 0 N–H and O–H groups in total. The number of hydrogen-bond donors (Lipinski definition) is 0. The zero-order chi connectivity index (χ0) is 13.3. The first-order valence-corrected chi connectivity index (χ1v) is 6.90. The van der Waals surface area contributed by atoms with Crippen LogP contribution in [0.1, 0.15) is 6.42 Å². The topological polar surface area (TPSA) is 44.8 Å². The molecule has 1 aromatic rings. The summed E-state index contributed by atoms with van der Waals surface area (Å²) in [6, 6.07) is 3.61. The molecule has 6 heteroatoms. The number of methoxy groups -OCH3 is 2. The first kappa shape index (κ1) is 13.8. The van der Waals surface area contributed by atoms with E-state index in [9.17, 15) is 4.79 Å². The van der Waals surface area contributed by atoms with E-state index in [0.717, 1.165) is 8.95 Å². The van der Waals surface area contributed by atoms with E-state index < -0.39 is 6.10 Å². The summed E-state index contributed by atoms with van der Waals surface area (Å²) in [7, 11) is 3.11. The van der Waals surface area contributed by atoms with Gasteiger partial charge in [0.25, 0.3) is 0 Å². The average Bonchev–Trinajstić information content (AvgIpc) is 2.32. The number of carbonyl (C=O) groups excluding carboxylic acids is 1. The van der Waals surface area contributed by atoms with Gasteiger partial charge in [0.1, 0.15) is 17.6 Å². The zero-order valence-electron chi connectivity index (χ0n) is 9.91. The van der Waals surface area contributed by atoms with E-state index >= 15 is 0 Å². The van der Waals surface area contributed by atoms with Gasteiger partial charge in [0.2, 0.25) is 0 Å². The maximum atomic E-state index is 11.3. The SMILES string of the molecule is COc1cc(Br)c(OC2CC(=O)C2OC)cc1Br. The first-order chi connectivity index (χ1) is 8.56. The third kappa shape index (κ3) is 2.55. The number of hydrogen-bond acceptors (Lipinski definition) is 4. The third-order valence-corrected chi connectivity index (χ3v) is 4.04. The van der Waals surface area contributed by atoms with Crippen molar-refractivity contribution in [3.05, 3.63) is 21.1 Å². The fourth-order valence-electron chi connectivity index (χ4n) is 1.78. The summed E-state index contributed by atoms with van der Waals surface area (Å²) in [6.07, 6.45) is -0.300. The van der Waals surface area contributed by atoms with Crippen molar-refractivity contribution >= 4 is 37.6 Å². The average molecular weight is 380 g/mol. The van der Waals surface area contributed by atoms with Crippen LogP contribution in [0.15, 0.2) is 21.1 Å². The molecule has 1 aliphatic rings. The highest BCUT2D eigenvalue weighted by atomic mass is 79.9. The fraction of sp³-hybridized carbons (Fsp3) is 0.417. The van der Waals surface area contributed by atoms with Gasteiger partial charge in [-0.2, -0.15) is 0 Å². The van der Waals surface area contributed by atoms with Crippen molar-refractivity contribution in [2.75, 3.05) is 14.2 Å². The lowest BCUT2D eigenvalue weighted by atomic mass is 9.90. The van der Waals surface area contributed by atoms with E-state index in [2.05, 4.69) is 31.9 Å². The minimum absolute atomic E-state index is 0.0752. The predicted octanol–water partition coefficient (Wildman–Crippen LogP) is 2.96. The summed E-state index contributed by atoms with van der Waals surface area (Å²) < 4.78 is 17.6. The molecule has 4 nitrogen and oxygen atoms in total. The van der Waals surface area contributed by atoms with Crippen LogP contribution in [0.2, 0.25) is 0 Å². The Morgan fingerprint density at radius 2 is 1.78 bits per heavy atom. The van der Waals surface area contributed by atoms with Crippen LogP contribution in [0, 0.1) is 0 Å². The van der Waals surface area contributed by atoms with Crippen molar-refractivity contribution in [2.24, 2.45) is 0 Å². The van der Waals surface area contributed by atoms with Crippen molar-refractivity contribution in [3.8, 4) is 11.5 Å². The molecule has 0 aliphatic heterocycles. The summed E-state index contributed by atoms with van der Waals surface area (Å²) in [5, 5.41) is 0.